The molecule has 0 spiro atoms. The Bertz CT molecular complexity index is 1990. The third-order valence-electron chi connectivity index (χ3n) is 8.60. The number of imidazole rings is 1. The second kappa shape index (κ2) is 15.8. The van der Waals surface area contributed by atoms with Crippen molar-refractivity contribution >= 4 is 28.9 Å². The Balaban J connectivity index is 1.20. The highest BCUT2D eigenvalue weighted by Gasteiger charge is 2.39. The maximum Gasteiger partial charge on any atom is 0.407 e. The maximum absolute atomic E-state index is 12.0. The van der Waals surface area contributed by atoms with E-state index < -0.39 is 23.2 Å². The molecule has 0 aliphatic rings. The molecule has 0 atom stereocenters. The fourth-order valence-electron chi connectivity index (χ4n) is 6.44. The molecule has 2 aromatic heterocycles. The molecule has 0 saturated heterocycles. The lowest BCUT2D eigenvalue weighted by Crippen LogP contribution is -2.38. The highest BCUT2D eigenvalue weighted by Crippen LogP contribution is 2.42. The Morgan fingerprint density at radius 3 is 2.02 bits per heavy atom. The van der Waals surface area contributed by atoms with Crippen molar-refractivity contribution in [1.29, 1.82) is 0 Å². The summed E-state index contributed by atoms with van der Waals surface area (Å²) in [5, 5.41) is 21.3. The molecule has 6 rings (SSSR count). The van der Waals surface area contributed by atoms with Crippen LogP contribution in [0.5, 0.6) is 5.75 Å². The van der Waals surface area contributed by atoms with E-state index in [1.54, 1.807) is 33.0 Å². The van der Waals surface area contributed by atoms with Crippen LogP contribution in [-0.4, -0.2) is 61.8 Å². The lowest BCUT2D eigenvalue weighted by Gasteiger charge is -2.38. The van der Waals surface area contributed by atoms with Crippen LogP contribution in [0.3, 0.4) is 0 Å². The molecular formula is C41H44N6O5. The van der Waals surface area contributed by atoms with Crippen LogP contribution in [0.1, 0.15) is 60.7 Å². The van der Waals surface area contributed by atoms with Crippen molar-refractivity contribution in [3.8, 4) is 5.75 Å². The topological polar surface area (TPSA) is 133 Å². The van der Waals surface area contributed by atoms with Gasteiger partial charge < -0.3 is 25.2 Å². The third-order valence-corrected chi connectivity index (χ3v) is 8.60. The number of carbonyl (C=O) groups is 2. The number of rotatable bonds is 15. The molecule has 0 aliphatic carbocycles. The second-order valence-electron chi connectivity index (χ2n) is 13.4. The van der Waals surface area contributed by atoms with E-state index in [-0.39, 0.29) is 12.2 Å². The number of amides is 1. The zero-order valence-corrected chi connectivity index (χ0v) is 29.7. The summed E-state index contributed by atoms with van der Waals surface area (Å²) in [7, 11) is 0. The van der Waals surface area contributed by atoms with E-state index in [0.717, 1.165) is 22.6 Å². The van der Waals surface area contributed by atoms with E-state index in [9.17, 15) is 14.7 Å². The van der Waals surface area contributed by atoms with Crippen LogP contribution in [0.25, 0.3) is 10.9 Å². The molecule has 0 radical (unpaired) electrons. The van der Waals surface area contributed by atoms with Gasteiger partial charge in [0, 0.05) is 37.4 Å². The van der Waals surface area contributed by atoms with Gasteiger partial charge in [-0.05, 0) is 62.4 Å². The summed E-state index contributed by atoms with van der Waals surface area (Å²) in [6.45, 7) is 7.15. The summed E-state index contributed by atoms with van der Waals surface area (Å²) < 4.78 is 15.4. The molecule has 3 N–H and O–H groups in total. The molecule has 52 heavy (non-hydrogen) atoms. The van der Waals surface area contributed by atoms with Gasteiger partial charge in [-0.3, -0.25) is 9.25 Å². The average molecular weight is 701 g/mol. The number of aromatic nitrogens is 4. The number of anilines is 1. The van der Waals surface area contributed by atoms with Gasteiger partial charge in [0.05, 0.1) is 18.4 Å². The molecule has 6 aromatic rings. The number of nitrogens with one attached hydrogen (secondary N) is 2. The molecular weight excluding hydrogens is 656 g/mol. The van der Waals surface area contributed by atoms with E-state index in [0.29, 0.717) is 49.1 Å². The van der Waals surface area contributed by atoms with Crippen molar-refractivity contribution < 1.29 is 24.2 Å². The highest BCUT2D eigenvalue weighted by atomic mass is 16.6. The molecule has 0 aliphatic heterocycles. The fourth-order valence-corrected chi connectivity index (χ4v) is 6.44. The lowest BCUT2D eigenvalue weighted by atomic mass is 9.76. The highest BCUT2D eigenvalue weighted by molar-refractivity contribution is 5.96. The summed E-state index contributed by atoms with van der Waals surface area (Å²) in [4.78, 5) is 28.7. The van der Waals surface area contributed by atoms with Gasteiger partial charge in [0.2, 0.25) is 5.95 Å². The minimum Gasteiger partial charge on any atom is -0.491 e. The number of carboxylic acids is 1. The number of nitrogens with zero attached hydrogens (tertiary/aromatic N) is 4. The number of fused-ring (bicyclic) bond motifs is 1. The van der Waals surface area contributed by atoms with Gasteiger partial charge >= 0.3 is 12.1 Å². The SMILES string of the molecule is CC(C)(C)OC(=O)NCCCOc1cc(C(=O)O)cc2cnn(CCCNc3nccn3C(c3ccccc3)(c3ccccc3)c3ccccc3)c12. The van der Waals surface area contributed by atoms with Crippen molar-refractivity contribution in [2.75, 3.05) is 25.0 Å². The molecule has 4 aromatic carbocycles. The monoisotopic (exact) mass is 700 g/mol. The van der Waals surface area contributed by atoms with Crippen molar-refractivity contribution in [3.63, 3.8) is 0 Å². The molecule has 268 valence electrons. The van der Waals surface area contributed by atoms with E-state index in [1.165, 1.54) is 6.07 Å². The largest absolute Gasteiger partial charge is 0.491 e. The van der Waals surface area contributed by atoms with Crippen molar-refractivity contribution in [1.82, 2.24) is 24.6 Å². The van der Waals surface area contributed by atoms with Crippen molar-refractivity contribution in [2.45, 2.75) is 51.3 Å². The first-order valence-electron chi connectivity index (χ1n) is 17.4. The Labute approximate surface area is 303 Å². The van der Waals surface area contributed by atoms with E-state index in [2.05, 4.69) is 93.1 Å². The van der Waals surface area contributed by atoms with Crippen LogP contribution < -0.4 is 15.4 Å². The summed E-state index contributed by atoms with van der Waals surface area (Å²) in [6.07, 6.45) is 6.19. The predicted molar refractivity (Wildman–Crippen MR) is 201 cm³/mol. The number of carboxylic acid groups (broad SMARTS) is 1. The molecule has 0 unspecified atom stereocenters. The lowest BCUT2D eigenvalue weighted by molar-refractivity contribution is 0.0524. The maximum atomic E-state index is 12.0. The Morgan fingerprint density at radius 1 is 0.827 bits per heavy atom. The zero-order valence-electron chi connectivity index (χ0n) is 29.7. The van der Waals surface area contributed by atoms with Gasteiger partial charge in [-0.1, -0.05) is 91.0 Å². The number of hydrogen-bond acceptors (Lipinski definition) is 7. The number of hydrogen-bond donors (Lipinski definition) is 3. The summed E-state index contributed by atoms with van der Waals surface area (Å²) in [5.41, 5.74) is 2.84. The smallest absolute Gasteiger partial charge is 0.407 e. The van der Waals surface area contributed by atoms with Gasteiger partial charge in [0.1, 0.15) is 22.4 Å². The van der Waals surface area contributed by atoms with E-state index in [1.807, 2.05) is 35.3 Å². The fraction of sp³-hybridized carbons (Fsp3) is 0.268. The normalized spacial score (nSPS) is 11.7. The second-order valence-corrected chi connectivity index (χ2v) is 13.4. The van der Waals surface area contributed by atoms with Crippen molar-refractivity contribution in [2.24, 2.45) is 0 Å². The molecule has 1 amide bonds. The number of ether oxygens (including phenoxy) is 2. The Morgan fingerprint density at radius 2 is 1.44 bits per heavy atom. The number of aromatic carboxylic acids is 1. The standard InChI is InChI=1S/C41H44N6O5/c1-40(2,3)52-39(50)44-22-14-26-51-35-28-30(37(48)49)27-31-29-45-47(36(31)35)24-13-21-42-38-43-23-25-46(38)41(32-15-7-4-8-16-32,33-17-9-5-10-18-33)34-19-11-6-12-20-34/h4-12,15-20,23,25,27-29H,13-14,21-22,24,26H2,1-3H3,(H,42,43)(H,44,50)(H,48,49). The van der Waals surface area contributed by atoms with Crippen LogP contribution >= 0.6 is 0 Å². The first-order valence-corrected chi connectivity index (χ1v) is 17.4. The van der Waals surface area contributed by atoms with Crippen LogP contribution in [0.2, 0.25) is 0 Å². The van der Waals surface area contributed by atoms with Gasteiger partial charge in [-0.15, -0.1) is 0 Å². The predicted octanol–water partition coefficient (Wildman–Crippen LogP) is 7.57. The number of alkyl carbamates (subject to hydrolysis) is 1. The number of carbonyl (C=O) groups excluding carboxylic acids is 1. The number of aryl methyl sites for hydroxylation is 1. The summed E-state index contributed by atoms with van der Waals surface area (Å²) in [5.74, 6) is 0.0897. The Hall–Kier alpha value is -6.10. The van der Waals surface area contributed by atoms with E-state index >= 15 is 0 Å². The number of benzene rings is 4. The minimum absolute atomic E-state index is 0.112. The first kappa shape index (κ1) is 35.7. The zero-order chi connectivity index (χ0) is 36.6. The molecule has 11 nitrogen and oxygen atoms in total. The molecule has 0 fully saturated rings. The van der Waals surface area contributed by atoms with Crippen molar-refractivity contribution in [3.05, 3.63) is 144 Å². The molecule has 2 heterocycles. The van der Waals surface area contributed by atoms with Gasteiger partial charge in [0.25, 0.3) is 0 Å². The molecule has 0 bridgehead atoms. The van der Waals surface area contributed by atoms with Gasteiger partial charge in [-0.2, -0.15) is 5.10 Å². The first-order chi connectivity index (χ1) is 25.2. The van der Waals surface area contributed by atoms with Crippen LogP contribution in [-0.2, 0) is 16.8 Å². The van der Waals surface area contributed by atoms with Crippen LogP contribution in [0.4, 0.5) is 10.7 Å². The minimum atomic E-state index is -1.05. The quantitative estimate of drug-likeness (QED) is 0.0739. The summed E-state index contributed by atoms with van der Waals surface area (Å²) in [6, 6.07) is 34.5. The average Bonchev–Trinajstić information content (AvgIpc) is 3.78. The molecule has 11 heteroatoms. The van der Waals surface area contributed by atoms with Gasteiger partial charge in [-0.25, -0.2) is 14.6 Å². The van der Waals surface area contributed by atoms with Crippen LogP contribution in [0, 0.1) is 0 Å². The molecule has 0 saturated carbocycles. The summed E-state index contributed by atoms with van der Waals surface area (Å²) >= 11 is 0. The third kappa shape index (κ3) is 7.94. The van der Waals surface area contributed by atoms with Gasteiger partial charge in [0.15, 0.2) is 0 Å². The Kier molecular flexibility index (Phi) is 10.9. The van der Waals surface area contributed by atoms with Crippen LogP contribution in [0.15, 0.2) is 122 Å². The van der Waals surface area contributed by atoms with E-state index in [4.69, 9.17) is 14.5 Å².